The molecule has 1 aromatic carbocycles. The lowest BCUT2D eigenvalue weighted by Crippen LogP contribution is -2.43. The number of carboxylic acid groups (broad SMARTS) is 1. The van der Waals surface area contributed by atoms with Gasteiger partial charge in [-0.3, -0.25) is 4.79 Å². The molecule has 0 aromatic heterocycles. The zero-order valence-corrected chi connectivity index (χ0v) is 12.0. The van der Waals surface area contributed by atoms with Crippen molar-refractivity contribution < 1.29 is 19.4 Å². The molecule has 0 unspecified atom stereocenters. The summed E-state index contributed by atoms with van der Waals surface area (Å²) in [6.45, 7) is 0. The normalized spacial score (nSPS) is 15.4. The summed E-state index contributed by atoms with van der Waals surface area (Å²) in [5.41, 5.74) is -0.984. The molecule has 2 rings (SSSR count). The fraction of sp³-hybridized carbons (Fsp3) is 0.429. The van der Waals surface area contributed by atoms with Gasteiger partial charge in [0, 0.05) is 17.1 Å². The standard InChI is InChI=1S/C14H17NO4S/c1-19-10-2-4-11(5-3-10)20-9-6-12(16)15-14(7-8-14)13(17)18/h2-5H,6-9H2,1H3,(H,15,16)(H,17,18). The summed E-state index contributed by atoms with van der Waals surface area (Å²) in [7, 11) is 1.61. The van der Waals surface area contributed by atoms with E-state index in [2.05, 4.69) is 5.32 Å². The number of nitrogens with one attached hydrogen (secondary N) is 1. The highest BCUT2D eigenvalue weighted by atomic mass is 32.2. The minimum absolute atomic E-state index is 0.203. The number of carbonyl (C=O) groups excluding carboxylic acids is 1. The second-order valence-corrected chi connectivity index (χ2v) is 5.88. The molecule has 1 aliphatic rings. The number of hydrogen-bond donors (Lipinski definition) is 2. The van der Waals surface area contributed by atoms with Crippen LogP contribution in [0.5, 0.6) is 5.75 Å². The number of rotatable bonds is 7. The summed E-state index contributed by atoms with van der Waals surface area (Å²) in [6.07, 6.45) is 1.37. The summed E-state index contributed by atoms with van der Waals surface area (Å²) >= 11 is 1.56. The van der Waals surface area contributed by atoms with Crippen molar-refractivity contribution in [3.63, 3.8) is 0 Å². The number of thioether (sulfide) groups is 1. The zero-order valence-electron chi connectivity index (χ0n) is 11.2. The van der Waals surface area contributed by atoms with Crippen LogP contribution in [0.2, 0.25) is 0 Å². The van der Waals surface area contributed by atoms with E-state index in [1.807, 2.05) is 24.3 Å². The summed E-state index contributed by atoms with van der Waals surface area (Å²) in [5, 5.41) is 11.6. The number of ether oxygens (including phenoxy) is 1. The fourth-order valence-electron chi connectivity index (χ4n) is 1.78. The maximum Gasteiger partial charge on any atom is 0.329 e. The average Bonchev–Trinajstić information content (AvgIpc) is 3.20. The predicted octanol–water partition coefficient (Wildman–Crippen LogP) is 1.91. The van der Waals surface area contributed by atoms with Crippen LogP contribution in [0.4, 0.5) is 0 Å². The van der Waals surface area contributed by atoms with E-state index in [9.17, 15) is 9.59 Å². The Morgan fingerprint density at radius 2 is 2.00 bits per heavy atom. The number of carboxylic acids is 1. The molecule has 2 N–H and O–H groups in total. The molecular formula is C14H17NO4S. The van der Waals surface area contributed by atoms with Crippen LogP contribution < -0.4 is 10.1 Å². The Bertz CT molecular complexity index is 496. The highest BCUT2D eigenvalue weighted by Crippen LogP contribution is 2.35. The van der Waals surface area contributed by atoms with Crippen molar-refractivity contribution >= 4 is 23.6 Å². The molecule has 0 spiro atoms. The van der Waals surface area contributed by atoms with E-state index < -0.39 is 11.5 Å². The van der Waals surface area contributed by atoms with Crippen molar-refractivity contribution in [3.8, 4) is 5.75 Å². The molecule has 0 bridgehead atoms. The summed E-state index contributed by atoms with van der Waals surface area (Å²) < 4.78 is 5.07. The van der Waals surface area contributed by atoms with Crippen molar-refractivity contribution in [2.45, 2.75) is 29.7 Å². The summed E-state index contributed by atoms with van der Waals surface area (Å²) in [4.78, 5) is 23.7. The Labute approximate surface area is 121 Å². The lowest BCUT2D eigenvalue weighted by molar-refractivity contribution is -0.143. The van der Waals surface area contributed by atoms with Gasteiger partial charge in [0.15, 0.2) is 0 Å². The van der Waals surface area contributed by atoms with Gasteiger partial charge in [-0.25, -0.2) is 4.79 Å². The van der Waals surface area contributed by atoms with Gasteiger partial charge >= 0.3 is 5.97 Å². The number of hydrogen-bond acceptors (Lipinski definition) is 4. The first-order chi connectivity index (χ1) is 9.55. The van der Waals surface area contributed by atoms with Crippen LogP contribution in [0.3, 0.4) is 0 Å². The van der Waals surface area contributed by atoms with Crippen LogP contribution in [-0.2, 0) is 9.59 Å². The van der Waals surface area contributed by atoms with Crippen molar-refractivity contribution in [1.29, 1.82) is 0 Å². The second kappa shape index (κ2) is 6.17. The van der Waals surface area contributed by atoms with Crippen molar-refractivity contribution in [2.75, 3.05) is 12.9 Å². The first-order valence-electron chi connectivity index (χ1n) is 6.37. The Morgan fingerprint density at radius 1 is 1.35 bits per heavy atom. The number of aliphatic carboxylic acids is 1. The average molecular weight is 295 g/mol. The molecule has 1 amide bonds. The predicted molar refractivity (Wildman–Crippen MR) is 76.1 cm³/mol. The van der Waals surface area contributed by atoms with Gasteiger partial charge in [-0.2, -0.15) is 0 Å². The van der Waals surface area contributed by atoms with Crippen LogP contribution in [0.15, 0.2) is 29.2 Å². The van der Waals surface area contributed by atoms with Gasteiger partial charge in [-0.1, -0.05) is 0 Å². The molecule has 0 saturated heterocycles. The third-order valence-corrected chi connectivity index (χ3v) is 4.21. The third kappa shape index (κ3) is 3.66. The van der Waals surface area contributed by atoms with E-state index in [-0.39, 0.29) is 5.91 Å². The van der Waals surface area contributed by atoms with Gasteiger partial charge in [0.05, 0.1) is 7.11 Å². The molecule has 1 aromatic rings. The topological polar surface area (TPSA) is 75.6 Å². The van der Waals surface area contributed by atoms with Crippen LogP contribution in [0.25, 0.3) is 0 Å². The van der Waals surface area contributed by atoms with Gasteiger partial charge in [0.1, 0.15) is 11.3 Å². The maximum absolute atomic E-state index is 11.7. The smallest absolute Gasteiger partial charge is 0.329 e. The third-order valence-electron chi connectivity index (χ3n) is 3.20. The maximum atomic E-state index is 11.7. The quantitative estimate of drug-likeness (QED) is 0.752. The van der Waals surface area contributed by atoms with Crippen LogP contribution >= 0.6 is 11.8 Å². The van der Waals surface area contributed by atoms with Gasteiger partial charge in [-0.15, -0.1) is 11.8 Å². The number of amides is 1. The Kier molecular flexibility index (Phi) is 4.54. The molecule has 108 valence electrons. The number of benzene rings is 1. The van der Waals surface area contributed by atoms with E-state index in [0.29, 0.717) is 25.0 Å². The molecule has 5 nitrogen and oxygen atoms in total. The second-order valence-electron chi connectivity index (χ2n) is 4.71. The lowest BCUT2D eigenvalue weighted by Gasteiger charge is -2.12. The molecule has 0 radical (unpaired) electrons. The molecule has 20 heavy (non-hydrogen) atoms. The lowest BCUT2D eigenvalue weighted by atomic mass is 10.2. The molecular weight excluding hydrogens is 278 g/mol. The Hall–Kier alpha value is -1.69. The van der Waals surface area contributed by atoms with E-state index >= 15 is 0 Å². The summed E-state index contributed by atoms with van der Waals surface area (Å²) in [5.74, 6) is 0.275. The zero-order chi connectivity index (χ0) is 14.6. The SMILES string of the molecule is COc1ccc(SCCC(=O)NC2(C(=O)O)CC2)cc1. The monoisotopic (exact) mass is 295 g/mol. The molecule has 6 heteroatoms. The molecule has 0 aliphatic heterocycles. The van der Waals surface area contributed by atoms with Gasteiger partial charge in [0.2, 0.25) is 5.91 Å². The Morgan fingerprint density at radius 3 is 2.50 bits per heavy atom. The van der Waals surface area contributed by atoms with E-state index in [0.717, 1.165) is 10.6 Å². The van der Waals surface area contributed by atoms with Crippen molar-refractivity contribution in [3.05, 3.63) is 24.3 Å². The van der Waals surface area contributed by atoms with Crippen molar-refractivity contribution in [1.82, 2.24) is 5.32 Å². The fourth-order valence-corrected chi connectivity index (χ4v) is 2.63. The first kappa shape index (κ1) is 14.7. The minimum atomic E-state index is -0.984. The van der Waals surface area contributed by atoms with E-state index in [4.69, 9.17) is 9.84 Å². The molecule has 1 aliphatic carbocycles. The molecule has 1 saturated carbocycles. The van der Waals surface area contributed by atoms with Crippen LogP contribution in [0.1, 0.15) is 19.3 Å². The van der Waals surface area contributed by atoms with Gasteiger partial charge in [-0.05, 0) is 37.1 Å². The van der Waals surface area contributed by atoms with Crippen LogP contribution in [-0.4, -0.2) is 35.4 Å². The molecule has 0 heterocycles. The minimum Gasteiger partial charge on any atom is -0.497 e. The van der Waals surface area contributed by atoms with E-state index in [1.165, 1.54) is 0 Å². The van der Waals surface area contributed by atoms with Gasteiger partial charge < -0.3 is 15.2 Å². The summed E-state index contributed by atoms with van der Waals surface area (Å²) in [6, 6.07) is 7.60. The highest BCUT2D eigenvalue weighted by Gasteiger charge is 2.51. The highest BCUT2D eigenvalue weighted by molar-refractivity contribution is 7.99. The molecule has 1 fully saturated rings. The number of carbonyl (C=O) groups is 2. The number of methoxy groups -OCH3 is 1. The first-order valence-corrected chi connectivity index (χ1v) is 7.35. The van der Waals surface area contributed by atoms with Crippen molar-refractivity contribution in [2.24, 2.45) is 0 Å². The van der Waals surface area contributed by atoms with E-state index in [1.54, 1.807) is 18.9 Å². The molecule has 0 atom stereocenters. The van der Waals surface area contributed by atoms with Gasteiger partial charge in [0.25, 0.3) is 0 Å². The van der Waals surface area contributed by atoms with Crippen LogP contribution in [0, 0.1) is 0 Å². The Balaban J connectivity index is 1.72. The largest absolute Gasteiger partial charge is 0.497 e.